The lowest BCUT2D eigenvalue weighted by Crippen LogP contribution is -2.07. The van der Waals surface area contributed by atoms with E-state index in [2.05, 4.69) is 9.55 Å². The lowest BCUT2D eigenvalue weighted by molar-refractivity contribution is 0.382. The summed E-state index contributed by atoms with van der Waals surface area (Å²) in [5.41, 5.74) is 2.22. The van der Waals surface area contributed by atoms with Gasteiger partial charge in [-0.3, -0.25) is 4.98 Å². The Bertz CT molecular complexity index is 540. The van der Waals surface area contributed by atoms with Crippen LogP contribution in [0.3, 0.4) is 0 Å². The molecule has 4 nitrogen and oxygen atoms in total. The van der Waals surface area contributed by atoms with Crippen molar-refractivity contribution < 1.29 is 4.74 Å². The molecular weight excluding hydrogens is 202 g/mol. The van der Waals surface area contributed by atoms with Crippen molar-refractivity contribution >= 4 is 11.0 Å². The van der Waals surface area contributed by atoms with Crippen molar-refractivity contribution in [2.75, 3.05) is 6.61 Å². The van der Waals surface area contributed by atoms with Gasteiger partial charge in [-0.1, -0.05) is 0 Å². The van der Waals surface area contributed by atoms with Crippen LogP contribution in [-0.4, -0.2) is 27.2 Å². The maximum Gasteiger partial charge on any atom is 0.113 e. The van der Waals surface area contributed by atoms with Gasteiger partial charge >= 0.3 is 0 Å². The van der Waals surface area contributed by atoms with Gasteiger partial charge < -0.3 is 9.30 Å². The van der Waals surface area contributed by atoms with Crippen LogP contribution in [0.15, 0.2) is 18.5 Å². The minimum absolute atomic E-state index is 0.398. The van der Waals surface area contributed by atoms with E-state index in [9.17, 15) is 0 Å². The van der Waals surface area contributed by atoms with Gasteiger partial charge in [0, 0.05) is 12.1 Å². The van der Waals surface area contributed by atoms with Gasteiger partial charge in [-0.05, 0) is 18.9 Å². The monoisotopic (exact) mass is 215 g/mol. The summed E-state index contributed by atoms with van der Waals surface area (Å²) in [6.07, 6.45) is 6.68. The van der Waals surface area contributed by atoms with E-state index in [1.807, 2.05) is 18.5 Å². The minimum Gasteiger partial charge on any atom is -0.371 e. The van der Waals surface area contributed by atoms with Crippen LogP contribution in [-0.2, 0) is 11.3 Å². The van der Waals surface area contributed by atoms with Crippen LogP contribution in [0.1, 0.15) is 24.6 Å². The number of hydrogen-bond acceptors (Lipinski definition) is 3. The molecule has 16 heavy (non-hydrogen) atoms. The van der Waals surface area contributed by atoms with Gasteiger partial charge in [0.25, 0.3) is 0 Å². The standard InChI is InChI=1S/C12H13N3O/c1-2-8(1)12-14-10-3-4-13-5-11(10)15(12)6-9-7-16-9/h3-5,8-9H,1-2,6-7H2. The Morgan fingerprint density at radius 1 is 1.44 bits per heavy atom. The molecule has 4 rings (SSSR count). The normalized spacial score (nSPS) is 23.9. The molecule has 82 valence electrons. The van der Waals surface area contributed by atoms with E-state index in [4.69, 9.17) is 9.72 Å². The molecule has 4 heteroatoms. The first-order valence-electron chi connectivity index (χ1n) is 5.83. The van der Waals surface area contributed by atoms with Gasteiger partial charge in [0.05, 0.1) is 36.5 Å². The molecule has 1 saturated heterocycles. The van der Waals surface area contributed by atoms with Crippen LogP contribution >= 0.6 is 0 Å². The minimum atomic E-state index is 0.398. The summed E-state index contributed by atoms with van der Waals surface area (Å²) in [7, 11) is 0. The van der Waals surface area contributed by atoms with Crippen LogP contribution in [0.5, 0.6) is 0 Å². The molecular formula is C12H13N3O. The predicted octanol–water partition coefficient (Wildman–Crippen LogP) is 1.71. The molecule has 0 bridgehead atoms. The maximum absolute atomic E-state index is 5.32. The first kappa shape index (κ1) is 8.70. The molecule has 1 saturated carbocycles. The van der Waals surface area contributed by atoms with E-state index in [-0.39, 0.29) is 0 Å². The van der Waals surface area contributed by atoms with E-state index in [0.717, 1.165) is 24.2 Å². The zero-order chi connectivity index (χ0) is 10.5. The summed E-state index contributed by atoms with van der Waals surface area (Å²) in [5, 5.41) is 0. The van der Waals surface area contributed by atoms with E-state index in [0.29, 0.717) is 12.0 Å². The van der Waals surface area contributed by atoms with Crippen LogP contribution in [0.2, 0.25) is 0 Å². The van der Waals surface area contributed by atoms with Crippen molar-refractivity contribution in [2.45, 2.75) is 31.4 Å². The number of aromatic nitrogens is 3. The number of pyridine rings is 1. The molecule has 3 heterocycles. The lowest BCUT2D eigenvalue weighted by Gasteiger charge is -2.05. The summed E-state index contributed by atoms with van der Waals surface area (Å²) in [4.78, 5) is 8.92. The maximum atomic E-state index is 5.32. The molecule has 0 amide bonds. The number of epoxide rings is 1. The molecule has 1 unspecified atom stereocenters. The average Bonchev–Trinajstić information content (AvgIpc) is 3.19. The summed E-state index contributed by atoms with van der Waals surface area (Å²) >= 11 is 0. The highest BCUT2D eigenvalue weighted by Crippen LogP contribution is 2.40. The Morgan fingerprint density at radius 2 is 2.31 bits per heavy atom. The summed E-state index contributed by atoms with van der Waals surface area (Å²) in [6, 6.07) is 1.99. The van der Waals surface area contributed by atoms with Gasteiger partial charge in [-0.25, -0.2) is 4.98 Å². The first-order chi connectivity index (χ1) is 7.92. The second-order valence-corrected chi connectivity index (χ2v) is 4.67. The fourth-order valence-electron chi connectivity index (χ4n) is 2.21. The molecule has 2 aromatic rings. The van der Waals surface area contributed by atoms with Crippen molar-refractivity contribution in [2.24, 2.45) is 0 Å². The largest absolute Gasteiger partial charge is 0.371 e. The highest BCUT2D eigenvalue weighted by Gasteiger charge is 2.32. The molecule has 1 aliphatic carbocycles. The quantitative estimate of drug-likeness (QED) is 0.732. The van der Waals surface area contributed by atoms with Crippen molar-refractivity contribution in [3.05, 3.63) is 24.3 Å². The first-order valence-corrected chi connectivity index (χ1v) is 5.83. The third-order valence-electron chi connectivity index (χ3n) is 3.31. The van der Waals surface area contributed by atoms with Crippen molar-refractivity contribution in [1.82, 2.24) is 14.5 Å². The van der Waals surface area contributed by atoms with Gasteiger partial charge in [0.15, 0.2) is 0 Å². The Hall–Kier alpha value is -1.42. The molecule has 2 aliphatic rings. The zero-order valence-electron chi connectivity index (χ0n) is 8.97. The van der Waals surface area contributed by atoms with Crippen molar-refractivity contribution in [3.63, 3.8) is 0 Å². The molecule has 0 N–H and O–H groups in total. The van der Waals surface area contributed by atoms with Crippen LogP contribution in [0, 0.1) is 0 Å². The molecule has 0 radical (unpaired) electrons. The molecule has 0 aromatic carbocycles. The molecule has 0 spiro atoms. The van der Waals surface area contributed by atoms with E-state index in [1.54, 1.807) is 0 Å². The fourth-order valence-corrected chi connectivity index (χ4v) is 2.21. The lowest BCUT2D eigenvalue weighted by atomic mass is 10.3. The average molecular weight is 215 g/mol. The van der Waals surface area contributed by atoms with Gasteiger partial charge in [-0.15, -0.1) is 0 Å². The molecule has 2 aromatic heterocycles. The molecule has 2 fully saturated rings. The number of rotatable bonds is 3. The van der Waals surface area contributed by atoms with E-state index < -0.39 is 0 Å². The van der Waals surface area contributed by atoms with Crippen LogP contribution in [0.4, 0.5) is 0 Å². The third kappa shape index (κ3) is 1.33. The van der Waals surface area contributed by atoms with Crippen molar-refractivity contribution in [1.29, 1.82) is 0 Å². The summed E-state index contributed by atoms with van der Waals surface area (Å²) in [6.45, 7) is 1.83. The SMILES string of the molecule is c1cc2nc(C3CC3)n(CC3CO3)c2cn1. The fraction of sp³-hybridized carbons (Fsp3) is 0.500. The second kappa shape index (κ2) is 3.04. The third-order valence-corrected chi connectivity index (χ3v) is 3.31. The van der Waals surface area contributed by atoms with Gasteiger partial charge in [-0.2, -0.15) is 0 Å². The Labute approximate surface area is 93.3 Å². The summed E-state index contributed by atoms with van der Waals surface area (Å²) < 4.78 is 7.62. The van der Waals surface area contributed by atoms with E-state index >= 15 is 0 Å². The predicted molar refractivity (Wildman–Crippen MR) is 59.2 cm³/mol. The number of imidazole rings is 1. The van der Waals surface area contributed by atoms with Gasteiger partial charge in [0.2, 0.25) is 0 Å². The molecule has 1 atom stereocenters. The number of hydrogen-bond donors (Lipinski definition) is 0. The zero-order valence-corrected chi connectivity index (χ0v) is 8.97. The number of fused-ring (bicyclic) bond motifs is 1. The van der Waals surface area contributed by atoms with Gasteiger partial charge in [0.1, 0.15) is 5.82 Å². The highest BCUT2D eigenvalue weighted by molar-refractivity contribution is 5.75. The topological polar surface area (TPSA) is 43.2 Å². The Balaban J connectivity index is 1.88. The number of nitrogens with zero attached hydrogens (tertiary/aromatic N) is 3. The highest BCUT2D eigenvalue weighted by atomic mass is 16.6. The molecule has 1 aliphatic heterocycles. The van der Waals surface area contributed by atoms with Crippen LogP contribution < -0.4 is 0 Å². The smallest absolute Gasteiger partial charge is 0.113 e. The number of ether oxygens (including phenoxy) is 1. The second-order valence-electron chi connectivity index (χ2n) is 4.67. The summed E-state index contributed by atoms with van der Waals surface area (Å²) in [5.74, 6) is 1.91. The Morgan fingerprint density at radius 3 is 3.06 bits per heavy atom. The van der Waals surface area contributed by atoms with Crippen LogP contribution in [0.25, 0.3) is 11.0 Å². The van der Waals surface area contributed by atoms with E-state index in [1.165, 1.54) is 18.7 Å². The van der Waals surface area contributed by atoms with Crippen molar-refractivity contribution in [3.8, 4) is 0 Å². The Kier molecular flexibility index (Phi) is 1.65.